The van der Waals surface area contributed by atoms with E-state index in [1.807, 2.05) is 13.8 Å². The lowest BCUT2D eigenvalue weighted by molar-refractivity contribution is 0.0593. The van der Waals surface area contributed by atoms with Gasteiger partial charge in [0.1, 0.15) is 17.1 Å². The zero-order valence-corrected chi connectivity index (χ0v) is 10.8. The van der Waals surface area contributed by atoms with Gasteiger partial charge in [0, 0.05) is 0 Å². The third kappa shape index (κ3) is 2.95. The van der Waals surface area contributed by atoms with Crippen LogP contribution in [0.2, 0.25) is 0 Å². The van der Waals surface area contributed by atoms with Crippen molar-refractivity contribution in [2.45, 2.75) is 20.0 Å². The van der Waals surface area contributed by atoms with Gasteiger partial charge in [0.25, 0.3) is 0 Å². The molecule has 0 atom stereocenters. The molecule has 1 rings (SSSR count). The standard InChI is InChI=1S/C11H12BrFO3/c1-6(2)16-10-8(11(14)15-3)4-7(13)5-9(10)12/h4-6H,1-3H3. The molecular weight excluding hydrogens is 279 g/mol. The summed E-state index contributed by atoms with van der Waals surface area (Å²) in [6, 6.07) is 2.33. The number of hydrogen-bond donors (Lipinski definition) is 0. The maximum atomic E-state index is 13.1. The number of carbonyl (C=O) groups is 1. The van der Waals surface area contributed by atoms with Crippen LogP contribution in [0.1, 0.15) is 24.2 Å². The number of benzene rings is 1. The highest BCUT2D eigenvalue weighted by atomic mass is 79.9. The van der Waals surface area contributed by atoms with Crippen LogP contribution in [0, 0.1) is 5.82 Å². The number of esters is 1. The molecule has 0 unspecified atom stereocenters. The largest absolute Gasteiger partial charge is 0.489 e. The fraction of sp³-hybridized carbons (Fsp3) is 0.364. The van der Waals surface area contributed by atoms with Crippen LogP contribution in [0.5, 0.6) is 5.75 Å². The highest BCUT2D eigenvalue weighted by Gasteiger charge is 2.18. The second kappa shape index (κ2) is 5.30. The summed E-state index contributed by atoms with van der Waals surface area (Å²) in [6.07, 6.45) is -0.120. The van der Waals surface area contributed by atoms with Crippen molar-refractivity contribution in [3.8, 4) is 5.75 Å². The minimum absolute atomic E-state index is 0.0723. The van der Waals surface area contributed by atoms with E-state index in [1.54, 1.807) is 0 Å². The lowest BCUT2D eigenvalue weighted by atomic mass is 10.2. The summed E-state index contributed by atoms with van der Waals surface area (Å²) in [7, 11) is 1.24. The molecule has 0 aliphatic heterocycles. The van der Waals surface area contributed by atoms with Gasteiger partial charge in [0.2, 0.25) is 0 Å². The van der Waals surface area contributed by atoms with Gasteiger partial charge in [-0.25, -0.2) is 9.18 Å². The molecule has 0 radical (unpaired) electrons. The third-order valence-electron chi connectivity index (χ3n) is 1.77. The Kier molecular flexibility index (Phi) is 4.29. The van der Waals surface area contributed by atoms with Crippen LogP contribution in [0.4, 0.5) is 4.39 Å². The number of methoxy groups -OCH3 is 1. The first-order valence-electron chi connectivity index (χ1n) is 4.69. The Labute approximate surface area is 102 Å². The Bertz CT molecular complexity index is 404. The molecule has 88 valence electrons. The maximum Gasteiger partial charge on any atom is 0.341 e. The van der Waals surface area contributed by atoms with Gasteiger partial charge in [-0.3, -0.25) is 0 Å². The summed E-state index contributed by atoms with van der Waals surface area (Å²) in [5, 5.41) is 0. The highest BCUT2D eigenvalue weighted by molar-refractivity contribution is 9.10. The van der Waals surface area contributed by atoms with E-state index in [2.05, 4.69) is 20.7 Å². The highest BCUT2D eigenvalue weighted by Crippen LogP contribution is 2.31. The van der Waals surface area contributed by atoms with Crippen molar-refractivity contribution in [2.75, 3.05) is 7.11 Å². The monoisotopic (exact) mass is 290 g/mol. The zero-order chi connectivity index (χ0) is 12.3. The predicted octanol–water partition coefficient (Wildman–Crippen LogP) is 3.16. The molecule has 0 spiro atoms. The molecule has 1 aromatic carbocycles. The fourth-order valence-electron chi connectivity index (χ4n) is 1.18. The van der Waals surface area contributed by atoms with E-state index in [0.717, 1.165) is 6.07 Å². The third-order valence-corrected chi connectivity index (χ3v) is 2.36. The number of rotatable bonds is 3. The van der Waals surface area contributed by atoms with E-state index in [9.17, 15) is 9.18 Å². The Morgan fingerprint density at radius 3 is 2.56 bits per heavy atom. The molecule has 0 aliphatic carbocycles. The van der Waals surface area contributed by atoms with Crippen LogP contribution >= 0.6 is 15.9 Å². The van der Waals surface area contributed by atoms with Gasteiger partial charge in [0.05, 0.1) is 17.7 Å². The summed E-state index contributed by atoms with van der Waals surface area (Å²) in [4.78, 5) is 11.4. The van der Waals surface area contributed by atoms with Crippen LogP contribution in [0.25, 0.3) is 0 Å². The zero-order valence-electron chi connectivity index (χ0n) is 9.21. The van der Waals surface area contributed by atoms with Crippen LogP contribution in [0.3, 0.4) is 0 Å². The van der Waals surface area contributed by atoms with Crippen LogP contribution in [-0.4, -0.2) is 19.2 Å². The summed E-state index contributed by atoms with van der Waals surface area (Å²) in [5.41, 5.74) is 0.0723. The molecule has 0 bridgehead atoms. The normalized spacial score (nSPS) is 10.4. The Morgan fingerprint density at radius 1 is 1.44 bits per heavy atom. The van der Waals surface area contributed by atoms with Crippen molar-refractivity contribution in [3.05, 3.63) is 28.0 Å². The fourth-order valence-corrected chi connectivity index (χ4v) is 1.70. The second-order valence-corrected chi connectivity index (χ2v) is 4.28. The first-order chi connectivity index (χ1) is 7.45. The van der Waals surface area contributed by atoms with Crippen LogP contribution < -0.4 is 4.74 Å². The lowest BCUT2D eigenvalue weighted by Crippen LogP contribution is -2.12. The maximum absolute atomic E-state index is 13.1. The Balaban J connectivity index is 3.26. The van der Waals surface area contributed by atoms with Gasteiger partial charge in [-0.2, -0.15) is 0 Å². The molecule has 5 heteroatoms. The van der Waals surface area contributed by atoms with Gasteiger partial charge in [-0.15, -0.1) is 0 Å². The van der Waals surface area contributed by atoms with Gasteiger partial charge < -0.3 is 9.47 Å². The average molecular weight is 291 g/mol. The number of carbonyl (C=O) groups excluding carboxylic acids is 1. The van der Waals surface area contributed by atoms with Crippen molar-refractivity contribution < 1.29 is 18.7 Å². The molecular formula is C11H12BrFO3. The molecule has 0 amide bonds. The molecule has 0 saturated carbocycles. The minimum Gasteiger partial charge on any atom is -0.489 e. The minimum atomic E-state index is -0.629. The molecule has 1 aromatic rings. The molecule has 16 heavy (non-hydrogen) atoms. The smallest absolute Gasteiger partial charge is 0.341 e. The first kappa shape index (κ1) is 13.0. The molecule has 0 N–H and O–H groups in total. The van der Waals surface area contributed by atoms with E-state index < -0.39 is 11.8 Å². The van der Waals surface area contributed by atoms with Gasteiger partial charge in [-0.05, 0) is 41.9 Å². The van der Waals surface area contributed by atoms with E-state index >= 15 is 0 Å². The topological polar surface area (TPSA) is 35.5 Å². The van der Waals surface area contributed by atoms with Gasteiger partial charge in [0.15, 0.2) is 0 Å². The molecule has 0 heterocycles. The Hall–Kier alpha value is -1.10. The second-order valence-electron chi connectivity index (χ2n) is 3.42. The molecule has 3 nitrogen and oxygen atoms in total. The molecule has 0 aromatic heterocycles. The summed E-state index contributed by atoms with van der Waals surface area (Å²) >= 11 is 3.15. The molecule has 0 saturated heterocycles. The number of ether oxygens (including phenoxy) is 2. The average Bonchev–Trinajstić information content (AvgIpc) is 2.20. The summed E-state index contributed by atoms with van der Waals surface area (Å²) in [5.74, 6) is -0.859. The Morgan fingerprint density at radius 2 is 2.06 bits per heavy atom. The van der Waals surface area contributed by atoms with Crippen molar-refractivity contribution in [2.24, 2.45) is 0 Å². The van der Waals surface area contributed by atoms with E-state index in [-0.39, 0.29) is 11.7 Å². The molecule has 0 fully saturated rings. The van der Waals surface area contributed by atoms with Crippen molar-refractivity contribution >= 4 is 21.9 Å². The number of hydrogen-bond acceptors (Lipinski definition) is 3. The van der Waals surface area contributed by atoms with E-state index in [0.29, 0.717) is 10.2 Å². The molecule has 0 aliphatic rings. The quantitative estimate of drug-likeness (QED) is 0.802. The SMILES string of the molecule is COC(=O)c1cc(F)cc(Br)c1OC(C)C. The lowest BCUT2D eigenvalue weighted by Gasteiger charge is -2.14. The summed E-state index contributed by atoms with van der Waals surface area (Å²) < 4.78 is 23.5. The van der Waals surface area contributed by atoms with Gasteiger partial charge >= 0.3 is 5.97 Å². The first-order valence-corrected chi connectivity index (χ1v) is 5.49. The van der Waals surface area contributed by atoms with Crippen LogP contribution in [0.15, 0.2) is 16.6 Å². The van der Waals surface area contributed by atoms with Crippen molar-refractivity contribution in [3.63, 3.8) is 0 Å². The summed E-state index contributed by atoms with van der Waals surface area (Å²) in [6.45, 7) is 3.63. The predicted molar refractivity (Wildman–Crippen MR) is 61.2 cm³/mol. The number of halogens is 2. The van der Waals surface area contributed by atoms with E-state index in [1.165, 1.54) is 13.2 Å². The van der Waals surface area contributed by atoms with Gasteiger partial charge in [-0.1, -0.05) is 0 Å². The van der Waals surface area contributed by atoms with E-state index in [4.69, 9.17) is 4.74 Å². The van der Waals surface area contributed by atoms with Crippen molar-refractivity contribution in [1.82, 2.24) is 0 Å². The van der Waals surface area contributed by atoms with Crippen molar-refractivity contribution in [1.29, 1.82) is 0 Å². The van der Waals surface area contributed by atoms with Crippen LogP contribution in [-0.2, 0) is 4.74 Å².